The average molecular weight is 382 g/mol. The van der Waals surface area contributed by atoms with Crippen LogP contribution in [0, 0.1) is 0 Å². The quantitative estimate of drug-likeness (QED) is 0.485. The maximum absolute atomic E-state index is 10.8. The Kier molecular flexibility index (Phi) is 6.25. The molecule has 1 aliphatic rings. The lowest BCUT2D eigenvalue weighted by Gasteiger charge is -2.23. The standard InChI is InChI=1S/C23H31N3O2/c1-4-24-21(25-16-22(2,27)18-8-6-5-7-9-18)26-17-23(14-15-23)19-10-12-20(28-3)13-11-19/h5-13,27H,4,14-17H2,1-3H3,(H2,24,25,26). The lowest BCUT2D eigenvalue weighted by molar-refractivity contribution is 0.0672. The molecule has 0 amide bonds. The molecule has 1 saturated carbocycles. The van der Waals surface area contributed by atoms with Crippen LogP contribution in [0.15, 0.2) is 59.6 Å². The zero-order valence-corrected chi connectivity index (χ0v) is 17.0. The van der Waals surface area contributed by atoms with Crippen LogP contribution in [0.5, 0.6) is 5.75 Å². The number of aliphatic hydroxyl groups is 1. The number of benzene rings is 2. The highest BCUT2D eigenvalue weighted by molar-refractivity contribution is 5.80. The van der Waals surface area contributed by atoms with E-state index in [4.69, 9.17) is 4.74 Å². The van der Waals surface area contributed by atoms with Crippen LogP contribution in [0.2, 0.25) is 0 Å². The van der Waals surface area contributed by atoms with Gasteiger partial charge in [0.15, 0.2) is 5.96 Å². The Balaban J connectivity index is 1.65. The molecule has 28 heavy (non-hydrogen) atoms. The molecular formula is C23H31N3O2. The van der Waals surface area contributed by atoms with Gasteiger partial charge in [0.1, 0.15) is 11.4 Å². The summed E-state index contributed by atoms with van der Waals surface area (Å²) in [6, 6.07) is 18.0. The minimum Gasteiger partial charge on any atom is -0.497 e. The van der Waals surface area contributed by atoms with Crippen molar-refractivity contribution in [1.29, 1.82) is 0 Å². The molecule has 0 saturated heterocycles. The lowest BCUT2D eigenvalue weighted by Crippen LogP contribution is -2.42. The summed E-state index contributed by atoms with van der Waals surface area (Å²) in [5.41, 5.74) is 1.35. The van der Waals surface area contributed by atoms with E-state index >= 15 is 0 Å². The van der Waals surface area contributed by atoms with Crippen molar-refractivity contribution in [3.63, 3.8) is 0 Å². The Morgan fingerprint density at radius 2 is 1.79 bits per heavy atom. The van der Waals surface area contributed by atoms with Crippen molar-refractivity contribution >= 4 is 5.96 Å². The second kappa shape index (κ2) is 8.65. The Morgan fingerprint density at radius 1 is 1.11 bits per heavy atom. The molecule has 0 aromatic heterocycles. The van der Waals surface area contributed by atoms with E-state index in [0.717, 1.165) is 43.2 Å². The molecule has 5 heteroatoms. The summed E-state index contributed by atoms with van der Waals surface area (Å²) in [7, 11) is 1.69. The summed E-state index contributed by atoms with van der Waals surface area (Å²) in [6.45, 7) is 5.73. The van der Waals surface area contributed by atoms with Gasteiger partial charge in [-0.1, -0.05) is 42.5 Å². The van der Waals surface area contributed by atoms with Gasteiger partial charge in [0, 0.05) is 18.5 Å². The van der Waals surface area contributed by atoms with Crippen LogP contribution in [0.4, 0.5) is 0 Å². The predicted molar refractivity (Wildman–Crippen MR) is 114 cm³/mol. The van der Waals surface area contributed by atoms with Crippen LogP contribution < -0.4 is 15.4 Å². The van der Waals surface area contributed by atoms with E-state index < -0.39 is 5.60 Å². The molecule has 0 aliphatic heterocycles. The van der Waals surface area contributed by atoms with Gasteiger partial charge in [-0.15, -0.1) is 0 Å². The highest BCUT2D eigenvalue weighted by Crippen LogP contribution is 2.47. The molecular weight excluding hydrogens is 350 g/mol. The summed E-state index contributed by atoms with van der Waals surface area (Å²) in [5, 5.41) is 17.6. The van der Waals surface area contributed by atoms with E-state index in [0.29, 0.717) is 6.54 Å². The number of ether oxygens (including phenoxy) is 1. The van der Waals surface area contributed by atoms with Gasteiger partial charge in [0.25, 0.3) is 0 Å². The van der Waals surface area contributed by atoms with Crippen molar-refractivity contribution in [1.82, 2.24) is 10.6 Å². The minimum absolute atomic E-state index is 0.157. The van der Waals surface area contributed by atoms with Gasteiger partial charge in [0.2, 0.25) is 0 Å². The number of aliphatic imine (C=N–C) groups is 1. The van der Waals surface area contributed by atoms with Crippen molar-refractivity contribution in [2.75, 3.05) is 26.7 Å². The SMILES string of the molecule is CCNC(=NCC(C)(O)c1ccccc1)NCC1(c2ccc(OC)cc2)CC1. The molecule has 2 aromatic carbocycles. The van der Waals surface area contributed by atoms with Crippen molar-refractivity contribution < 1.29 is 9.84 Å². The number of hydrogen-bond donors (Lipinski definition) is 3. The predicted octanol–water partition coefficient (Wildman–Crippen LogP) is 3.19. The van der Waals surface area contributed by atoms with Gasteiger partial charge < -0.3 is 20.5 Å². The lowest BCUT2D eigenvalue weighted by atomic mass is 9.96. The first-order valence-corrected chi connectivity index (χ1v) is 9.94. The van der Waals surface area contributed by atoms with Crippen LogP contribution in [0.1, 0.15) is 37.8 Å². The second-order valence-corrected chi connectivity index (χ2v) is 7.70. The molecule has 5 nitrogen and oxygen atoms in total. The molecule has 0 heterocycles. The third kappa shape index (κ3) is 4.84. The van der Waals surface area contributed by atoms with Crippen LogP contribution in [0.25, 0.3) is 0 Å². The first kappa shape index (κ1) is 20.2. The van der Waals surface area contributed by atoms with Crippen molar-refractivity contribution in [3.05, 3.63) is 65.7 Å². The van der Waals surface area contributed by atoms with Crippen LogP contribution in [-0.4, -0.2) is 37.8 Å². The zero-order chi connectivity index (χ0) is 20.0. The van der Waals surface area contributed by atoms with E-state index in [2.05, 4.69) is 27.8 Å². The monoisotopic (exact) mass is 381 g/mol. The van der Waals surface area contributed by atoms with E-state index in [-0.39, 0.29) is 5.41 Å². The molecule has 3 N–H and O–H groups in total. The van der Waals surface area contributed by atoms with E-state index in [9.17, 15) is 5.11 Å². The Labute approximate surface area is 167 Å². The maximum atomic E-state index is 10.8. The summed E-state index contributed by atoms with van der Waals surface area (Å²) in [4.78, 5) is 4.64. The third-order valence-corrected chi connectivity index (χ3v) is 5.44. The number of nitrogens with zero attached hydrogens (tertiary/aromatic N) is 1. The van der Waals surface area contributed by atoms with Crippen molar-refractivity contribution in [2.24, 2.45) is 4.99 Å². The van der Waals surface area contributed by atoms with Crippen LogP contribution in [-0.2, 0) is 11.0 Å². The summed E-state index contributed by atoms with van der Waals surface area (Å²) >= 11 is 0. The molecule has 0 radical (unpaired) electrons. The fourth-order valence-corrected chi connectivity index (χ4v) is 3.38. The smallest absolute Gasteiger partial charge is 0.191 e. The van der Waals surface area contributed by atoms with Gasteiger partial charge in [-0.05, 0) is 49.9 Å². The minimum atomic E-state index is -1.00. The Morgan fingerprint density at radius 3 is 2.36 bits per heavy atom. The molecule has 1 fully saturated rings. The Hall–Kier alpha value is -2.53. The molecule has 0 spiro atoms. The molecule has 150 valence electrons. The summed E-state index contributed by atoms with van der Waals surface area (Å²) in [6.07, 6.45) is 2.32. The highest BCUT2D eigenvalue weighted by atomic mass is 16.5. The molecule has 3 rings (SSSR count). The normalized spacial score (nSPS) is 17.5. The van der Waals surface area contributed by atoms with Gasteiger partial charge in [-0.2, -0.15) is 0 Å². The first-order valence-electron chi connectivity index (χ1n) is 9.94. The zero-order valence-electron chi connectivity index (χ0n) is 17.0. The van der Waals surface area contributed by atoms with Crippen molar-refractivity contribution in [3.8, 4) is 5.75 Å². The topological polar surface area (TPSA) is 65.9 Å². The molecule has 0 bridgehead atoms. The van der Waals surface area contributed by atoms with Gasteiger partial charge in [-0.3, -0.25) is 0 Å². The van der Waals surface area contributed by atoms with Gasteiger partial charge in [0.05, 0.1) is 13.7 Å². The first-order chi connectivity index (χ1) is 13.5. The van der Waals surface area contributed by atoms with Crippen LogP contribution in [0.3, 0.4) is 0 Å². The molecule has 1 unspecified atom stereocenters. The average Bonchev–Trinajstić information content (AvgIpc) is 3.52. The summed E-state index contributed by atoms with van der Waals surface area (Å²) < 4.78 is 5.26. The molecule has 1 atom stereocenters. The number of nitrogens with one attached hydrogen (secondary N) is 2. The summed E-state index contributed by atoms with van der Waals surface area (Å²) in [5.74, 6) is 1.61. The van der Waals surface area contributed by atoms with E-state index in [1.165, 1.54) is 5.56 Å². The largest absolute Gasteiger partial charge is 0.497 e. The fourth-order valence-electron chi connectivity index (χ4n) is 3.38. The number of guanidine groups is 1. The fraction of sp³-hybridized carbons (Fsp3) is 0.435. The van der Waals surface area contributed by atoms with Gasteiger partial charge >= 0.3 is 0 Å². The highest BCUT2D eigenvalue weighted by Gasteiger charge is 2.44. The van der Waals surface area contributed by atoms with Crippen molar-refractivity contribution in [2.45, 2.75) is 37.7 Å². The maximum Gasteiger partial charge on any atom is 0.191 e. The Bertz CT molecular complexity index is 781. The third-order valence-electron chi connectivity index (χ3n) is 5.44. The number of hydrogen-bond acceptors (Lipinski definition) is 3. The molecule has 2 aromatic rings. The van der Waals surface area contributed by atoms with Crippen LogP contribution >= 0.6 is 0 Å². The van der Waals surface area contributed by atoms with E-state index in [1.807, 2.05) is 49.4 Å². The van der Waals surface area contributed by atoms with Gasteiger partial charge in [-0.25, -0.2) is 4.99 Å². The number of methoxy groups -OCH3 is 1. The number of rotatable bonds is 8. The van der Waals surface area contributed by atoms with E-state index in [1.54, 1.807) is 14.0 Å². The second-order valence-electron chi connectivity index (χ2n) is 7.70. The molecule has 1 aliphatic carbocycles.